The minimum absolute atomic E-state index is 0.937. The van der Waals surface area contributed by atoms with Crippen LogP contribution in [0.25, 0.3) is 5.32 Å². The zero-order valence-corrected chi connectivity index (χ0v) is 10.9. The lowest BCUT2D eigenvalue weighted by molar-refractivity contribution is 0.568. The molecule has 0 unspecified atom stereocenters. The lowest BCUT2D eigenvalue weighted by Gasteiger charge is -2.09. The third-order valence-corrected chi connectivity index (χ3v) is 3.19. The topological polar surface area (TPSA) is 26.5 Å². The Hall–Kier alpha value is -0.530. The fraction of sp³-hybridized carbons (Fsp3) is 0.929. The van der Waals surface area contributed by atoms with Crippen LogP contribution in [0.2, 0.25) is 0 Å². The van der Waals surface area contributed by atoms with Crippen molar-refractivity contribution in [2.75, 3.05) is 13.1 Å². The summed E-state index contributed by atoms with van der Waals surface area (Å²) in [5.41, 5.74) is 0. The van der Waals surface area contributed by atoms with Crippen LogP contribution in [0.15, 0.2) is 4.99 Å². The standard InChI is InChI=1S/C14H27N2/c1-2-3-4-5-6-7-8-9-10-11-14-15-12-13-16-14/h2-13H2,1H3/q-1. The normalized spacial score (nSPS) is 14.9. The summed E-state index contributed by atoms with van der Waals surface area (Å²) in [4.78, 5) is 4.35. The molecule has 0 amide bonds. The molecule has 1 heterocycles. The van der Waals surface area contributed by atoms with E-state index >= 15 is 0 Å². The molecule has 0 atom stereocenters. The molecule has 0 N–H and O–H groups in total. The molecule has 0 aliphatic carbocycles. The van der Waals surface area contributed by atoms with Gasteiger partial charge in [-0.15, -0.1) is 0 Å². The first-order valence-corrected chi connectivity index (χ1v) is 7.14. The van der Waals surface area contributed by atoms with Crippen molar-refractivity contribution in [1.29, 1.82) is 0 Å². The first-order valence-electron chi connectivity index (χ1n) is 7.14. The van der Waals surface area contributed by atoms with Crippen molar-refractivity contribution < 1.29 is 0 Å². The largest absolute Gasteiger partial charge is 0.469 e. The molecule has 1 rings (SSSR count). The molecule has 0 aromatic heterocycles. The summed E-state index contributed by atoms with van der Waals surface area (Å²) >= 11 is 0. The quantitative estimate of drug-likeness (QED) is 0.480. The Bertz CT molecular complexity index is 187. The van der Waals surface area contributed by atoms with Crippen molar-refractivity contribution in [1.82, 2.24) is 0 Å². The van der Waals surface area contributed by atoms with Gasteiger partial charge in [-0.1, -0.05) is 77.2 Å². The zero-order chi connectivity index (χ0) is 11.5. The molecular weight excluding hydrogens is 196 g/mol. The number of aliphatic imine (C=N–C) groups is 1. The van der Waals surface area contributed by atoms with Gasteiger partial charge in [0.15, 0.2) is 0 Å². The molecule has 1 aliphatic rings. The van der Waals surface area contributed by atoms with E-state index in [9.17, 15) is 0 Å². The number of unbranched alkanes of at least 4 members (excludes halogenated alkanes) is 8. The number of hydrogen-bond donors (Lipinski definition) is 0. The zero-order valence-electron chi connectivity index (χ0n) is 10.9. The van der Waals surface area contributed by atoms with Gasteiger partial charge in [0.25, 0.3) is 0 Å². The molecule has 0 spiro atoms. The molecule has 2 nitrogen and oxygen atoms in total. The Morgan fingerprint density at radius 2 is 1.56 bits per heavy atom. The van der Waals surface area contributed by atoms with E-state index in [2.05, 4.69) is 17.2 Å². The first kappa shape index (κ1) is 13.5. The van der Waals surface area contributed by atoms with Crippen LogP contribution in [-0.4, -0.2) is 18.9 Å². The van der Waals surface area contributed by atoms with Crippen LogP contribution in [0.1, 0.15) is 71.1 Å². The van der Waals surface area contributed by atoms with Gasteiger partial charge in [-0.2, -0.15) is 0 Å². The van der Waals surface area contributed by atoms with E-state index in [4.69, 9.17) is 0 Å². The fourth-order valence-corrected chi connectivity index (χ4v) is 2.16. The average molecular weight is 223 g/mol. The Morgan fingerprint density at radius 3 is 2.12 bits per heavy atom. The Morgan fingerprint density at radius 1 is 0.938 bits per heavy atom. The summed E-state index contributed by atoms with van der Waals surface area (Å²) in [5.74, 6) is 1.13. The molecule has 1 aliphatic heterocycles. The van der Waals surface area contributed by atoms with E-state index < -0.39 is 0 Å². The van der Waals surface area contributed by atoms with Gasteiger partial charge in [-0.05, 0) is 12.8 Å². The molecule has 0 radical (unpaired) electrons. The summed E-state index contributed by atoms with van der Waals surface area (Å²) < 4.78 is 0. The number of amidine groups is 1. The highest BCUT2D eigenvalue weighted by Crippen LogP contribution is 2.13. The molecule has 16 heavy (non-hydrogen) atoms. The highest BCUT2D eigenvalue weighted by molar-refractivity contribution is 5.95. The summed E-state index contributed by atoms with van der Waals surface area (Å²) in [6.07, 6.45) is 13.7. The average Bonchev–Trinajstić information content (AvgIpc) is 2.80. The van der Waals surface area contributed by atoms with Crippen LogP contribution >= 0.6 is 0 Å². The maximum absolute atomic E-state index is 4.35. The van der Waals surface area contributed by atoms with Gasteiger partial charge >= 0.3 is 0 Å². The fourth-order valence-electron chi connectivity index (χ4n) is 2.16. The Kier molecular flexibility index (Phi) is 8.19. The van der Waals surface area contributed by atoms with Crippen LogP contribution in [0.5, 0.6) is 0 Å². The number of nitrogens with zero attached hydrogens (tertiary/aromatic N) is 2. The van der Waals surface area contributed by atoms with Gasteiger partial charge in [0, 0.05) is 0 Å². The van der Waals surface area contributed by atoms with Crippen molar-refractivity contribution in [2.24, 2.45) is 4.99 Å². The Labute approximate surface area is 101 Å². The summed E-state index contributed by atoms with van der Waals surface area (Å²) in [5, 5.41) is 4.35. The van der Waals surface area contributed by atoms with E-state index in [1.165, 1.54) is 57.8 Å². The highest BCUT2D eigenvalue weighted by atomic mass is 15.1. The second-order valence-corrected chi connectivity index (χ2v) is 4.76. The summed E-state index contributed by atoms with van der Waals surface area (Å²) in [6.45, 7) is 4.15. The van der Waals surface area contributed by atoms with Crippen molar-refractivity contribution in [2.45, 2.75) is 71.1 Å². The predicted octanol–water partition coefficient (Wildman–Crippen LogP) is 4.69. The molecule has 2 heteroatoms. The molecular formula is C14H27N2-. The lowest BCUT2D eigenvalue weighted by atomic mass is 10.1. The third kappa shape index (κ3) is 6.86. The minimum atomic E-state index is 0.937. The van der Waals surface area contributed by atoms with E-state index in [-0.39, 0.29) is 0 Å². The van der Waals surface area contributed by atoms with Crippen molar-refractivity contribution in [3.8, 4) is 0 Å². The molecule has 0 aromatic carbocycles. The van der Waals surface area contributed by atoms with Gasteiger partial charge in [-0.25, -0.2) is 0 Å². The van der Waals surface area contributed by atoms with Gasteiger partial charge < -0.3 is 10.3 Å². The van der Waals surface area contributed by atoms with Crippen LogP contribution in [-0.2, 0) is 0 Å². The highest BCUT2D eigenvalue weighted by Gasteiger charge is 1.95. The van der Waals surface area contributed by atoms with Gasteiger partial charge in [0.1, 0.15) is 0 Å². The van der Waals surface area contributed by atoms with Gasteiger partial charge in [0.2, 0.25) is 0 Å². The van der Waals surface area contributed by atoms with Gasteiger partial charge in [-0.3, -0.25) is 0 Å². The van der Waals surface area contributed by atoms with Crippen LogP contribution in [0.3, 0.4) is 0 Å². The van der Waals surface area contributed by atoms with Gasteiger partial charge in [0.05, 0.1) is 0 Å². The lowest BCUT2D eigenvalue weighted by Crippen LogP contribution is -1.92. The van der Waals surface area contributed by atoms with Crippen molar-refractivity contribution >= 4 is 5.84 Å². The summed E-state index contributed by atoms with van der Waals surface area (Å²) in [7, 11) is 0. The monoisotopic (exact) mass is 223 g/mol. The second kappa shape index (κ2) is 9.68. The van der Waals surface area contributed by atoms with Crippen LogP contribution in [0, 0.1) is 0 Å². The second-order valence-electron chi connectivity index (χ2n) is 4.76. The minimum Gasteiger partial charge on any atom is -0.469 e. The number of rotatable bonds is 10. The van der Waals surface area contributed by atoms with Crippen LogP contribution < -0.4 is 0 Å². The molecule has 0 bridgehead atoms. The SMILES string of the molecule is CCCCCCCCCCCC1=NCC[N-]1. The smallest absolute Gasteiger partial charge is 0.0362 e. The maximum Gasteiger partial charge on any atom is -0.0362 e. The van der Waals surface area contributed by atoms with E-state index in [1.54, 1.807) is 0 Å². The molecule has 0 saturated carbocycles. The van der Waals surface area contributed by atoms with Crippen molar-refractivity contribution in [3.05, 3.63) is 5.32 Å². The maximum atomic E-state index is 4.35. The van der Waals surface area contributed by atoms with Crippen molar-refractivity contribution in [3.63, 3.8) is 0 Å². The van der Waals surface area contributed by atoms with Crippen LogP contribution in [0.4, 0.5) is 0 Å². The van der Waals surface area contributed by atoms with E-state index in [0.717, 1.165) is 25.3 Å². The van der Waals surface area contributed by atoms with E-state index in [0.29, 0.717) is 0 Å². The molecule has 0 aromatic rings. The Balaban J connectivity index is 1.74. The third-order valence-electron chi connectivity index (χ3n) is 3.19. The molecule has 0 saturated heterocycles. The molecule has 94 valence electrons. The number of hydrogen-bond acceptors (Lipinski definition) is 1. The van der Waals surface area contributed by atoms with E-state index in [1.807, 2.05) is 0 Å². The predicted molar refractivity (Wildman–Crippen MR) is 72.4 cm³/mol. The molecule has 0 fully saturated rings. The first-order chi connectivity index (χ1) is 7.93. The summed E-state index contributed by atoms with van der Waals surface area (Å²) in [6, 6.07) is 0.